The van der Waals surface area contributed by atoms with Crippen LogP contribution in [0.5, 0.6) is 0 Å². The molecule has 1 aromatic carbocycles. The molecule has 0 radical (unpaired) electrons. The van der Waals surface area contributed by atoms with Crippen LogP contribution in [0, 0.1) is 42.1 Å². The molecule has 1 aromatic rings. The number of benzene rings is 1. The van der Waals surface area contributed by atoms with E-state index in [0.29, 0.717) is 29.4 Å². The number of esters is 1. The van der Waals surface area contributed by atoms with E-state index in [0.717, 1.165) is 37.8 Å². The van der Waals surface area contributed by atoms with Gasteiger partial charge in [-0.1, -0.05) is 27.2 Å². The minimum absolute atomic E-state index is 0.106. The number of hydrogen-bond acceptors (Lipinski definition) is 5. The molecule has 0 amide bonds. The van der Waals surface area contributed by atoms with Crippen LogP contribution in [0.15, 0.2) is 24.3 Å². The van der Waals surface area contributed by atoms with E-state index in [-0.39, 0.29) is 30.1 Å². The van der Waals surface area contributed by atoms with Crippen molar-refractivity contribution in [1.82, 2.24) is 10.6 Å². The van der Waals surface area contributed by atoms with Crippen LogP contribution < -0.4 is 10.6 Å². The third-order valence-corrected chi connectivity index (χ3v) is 8.02. The van der Waals surface area contributed by atoms with E-state index in [1.807, 2.05) is 18.2 Å². The predicted octanol–water partition coefficient (Wildman–Crippen LogP) is 3.78. The van der Waals surface area contributed by atoms with Crippen molar-refractivity contribution in [1.29, 1.82) is 0 Å². The average molecular weight is 438 g/mol. The summed E-state index contributed by atoms with van der Waals surface area (Å²) in [5.41, 5.74) is 1.72. The number of nitrogens with one attached hydrogen (secondary N) is 2. The zero-order chi connectivity index (χ0) is 22.8. The standard InChI is InChI=1S/C27H37N2O3/c1-6-28-22-14-24-20(12-16(22)3)26(18-10-8-9-11-19(18)27(30)31-5)21-13-17(4)23(29-7-2)15-25(21)32-24/h1,8-11,16-17,20-25,28-29H,7,12-15H2,2-5H3/q+1. The average Bonchev–Trinajstić information content (AvgIpc) is 2.79. The molecule has 8 unspecified atom stereocenters. The Balaban J connectivity index is 1.73. The Hall–Kier alpha value is -2.16. The van der Waals surface area contributed by atoms with Gasteiger partial charge in [0.1, 0.15) is 5.56 Å². The number of fused-ring (bicyclic) bond motifs is 2. The van der Waals surface area contributed by atoms with Crippen LogP contribution in [0.2, 0.25) is 0 Å². The summed E-state index contributed by atoms with van der Waals surface area (Å²) in [6.07, 6.45) is 9.80. The lowest BCUT2D eigenvalue weighted by Gasteiger charge is -2.52. The van der Waals surface area contributed by atoms with E-state index in [1.165, 1.54) is 13.0 Å². The second-order valence-corrected chi connectivity index (χ2v) is 9.88. The summed E-state index contributed by atoms with van der Waals surface area (Å²) in [4.78, 5) is 12.7. The van der Waals surface area contributed by atoms with Crippen molar-refractivity contribution < 1.29 is 14.3 Å². The van der Waals surface area contributed by atoms with Gasteiger partial charge in [0.25, 0.3) is 0 Å². The van der Waals surface area contributed by atoms with Gasteiger partial charge in [-0.05, 0) is 56.2 Å². The fourth-order valence-corrected chi connectivity index (χ4v) is 6.46. The van der Waals surface area contributed by atoms with E-state index in [4.69, 9.17) is 15.9 Å². The topological polar surface area (TPSA) is 59.6 Å². The van der Waals surface area contributed by atoms with Gasteiger partial charge in [0.15, 0.2) is 5.56 Å². The van der Waals surface area contributed by atoms with Crippen molar-refractivity contribution in [2.75, 3.05) is 13.7 Å². The molecule has 1 aliphatic heterocycles. The van der Waals surface area contributed by atoms with Gasteiger partial charge in [-0.3, -0.25) is 0 Å². The van der Waals surface area contributed by atoms with Crippen molar-refractivity contribution in [3.05, 3.63) is 41.3 Å². The molecule has 2 N–H and O–H groups in total. The van der Waals surface area contributed by atoms with Gasteiger partial charge in [0.05, 0.1) is 31.2 Å². The number of carbonyl (C=O) groups excluding carboxylic acids is 1. The molecule has 0 aromatic heterocycles. The first kappa shape index (κ1) is 23.0. The van der Waals surface area contributed by atoms with Crippen LogP contribution in [0.3, 0.4) is 0 Å². The highest BCUT2D eigenvalue weighted by Crippen LogP contribution is 2.53. The van der Waals surface area contributed by atoms with Gasteiger partial charge in [0.2, 0.25) is 0 Å². The minimum Gasteiger partial charge on any atom is -0.455 e. The Morgan fingerprint density at radius 1 is 1.12 bits per heavy atom. The van der Waals surface area contributed by atoms with Crippen molar-refractivity contribution in [3.8, 4) is 12.5 Å². The van der Waals surface area contributed by atoms with Crippen molar-refractivity contribution in [2.24, 2.45) is 23.7 Å². The van der Waals surface area contributed by atoms with E-state index < -0.39 is 0 Å². The lowest BCUT2D eigenvalue weighted by Crippen LogP contribution is -2.58. The molecule has 5 nitrogen and oxygen atoms in total. The third-order valence-electron chi connectivity index (χ3n) is 8.02. The second-order valence-electron chi connectivity index (χ2n) is 9.88. The van der Waals surface area contributed by atoms with Gasteiger partial charge in [-0.2, -0.15) is 0 Å². The molecule has 3 fully saturated rings. The molecule has 2 saturated carbocycles. The third kappa shape index (κ3) is 4.23. The fraction of sp³-hybridized carbons (Fsp3) is 0.630. The van der Waals surface area contributed by atoms with Gasteiger partial charge < -0.3 is 20.1 Å². The van der Waals surface area contributed by atoms with Crippen molar-refractivity contribution >= 4 is 5.97 Å². The monoisotopic (exact) mass is 437 g/mol. The number of carbonyl (C=O) groups is 1. The molecule has 2 aliphatic carbocycles. The smallest absolute Gasteiger partial charge is 0.396 e. The molecule has 1 heterocycles. The number of hydrogen-bond donors (Lipinski definition) is 2. The van der Waals surface area contributed by atoms with Crippen LogP contribution in [0.25, 0.3) is 0 Å². The zero-order valence-corrected chi connectivity index (χ0v) is 19.8. The minimum atomic E-state index is -0.266. The lowest BCUT2D eigenvalue weighted by molar-refractivity contribution is -0.143. The Labute approximate surface area is 193 Å². The highest BCUT2D eigenvalue weighted by atomic mass is 16.5. The quantitative estimate of drug-likeness (QED) is 0.318. The van der Waals surface area contributed by atoms with E-state index in [9.17, 15) is 4.79 Å². The summed E-state index contributed by atoms with van der Waals surface area (Å²) in [5, 5.41) is 6.89. The molecule has 0 bridgehead atoms. The summed E-state index contributed by atoms with van der Waals surface area (Å²) in [6.45, 7) is 7.74. The maximum absolute atomic E-state index is 12.7. The Morgan fingerprint density at radius 2 is 1.75 bits per heavy atom. The van der Waals surface area contributed by atoms with Gasteiger partial charge in [0, 0.05) is 36.2 Å². The van der Waals surface area contributed by atoms with Crippen LogP contribution in [0.4, 0.5) is 0 Å². The summed E-state index contributed by atoms with van der Waals surface area (Å²) < 4.78 is 12.0. The molecule has 4 rings (SSSR count). The van der Waals surface area contributed by atoms with E-state index >= 15 is 0 Å². The van der Waals surface area contributed by atoms with Gasteiger partial charge in [-0.25, -0.2) is 4.79 Å². The van der Waals surface area contributed by atoms with E-state index in [1.54, 1.807) is 0 Å². The van der Waals surface area contributed by atoms with Crippen LogP contribution >= 0.6 is 0 Å². The molecule has 32 heavy (non-hydrogen) atoms. The number of methoxy groups -OCH3 is 1. The summed E-state index contributed by atoms with van der Waals surface area (Å²) in [7, 11) is 1.46. The van der Waals surface area contributed by atoms with Crippen molar-refractivity contribution in [2.45, 2.75) is 70.7 Å². The highest BCUT2D eigenvalue weighted by Gasteiger charge is 2.56. The molecule has 5 heteroatoms. The van der Waals surface area contributed by atoms with Crippen LogP contribution in [-0.4, -0.2) is 43.9 Å². The summed E-state index contributed by atoms with van der Waals surface area (Å²) >= 11 is 0. The molecule has 8 atom stereocenters. The predicted molar refractivity (Wildman–Crippen MR) is 126 cm³/mol. The maximum atomic E-state index is 12.7. The van der Waals surface area contributed by atoms with Gasteiger partial charge >= 0.3 is 5.97 Å². The Kier molecular flexibility index (Phi) is 7.02. The molecule has 1 saturated heterocycles. The highest BCUT2D eigenvalue weighted by molar-refractivity contribution is 5.92. The first-order valence-electron chi connectivity index (χ1n) is 12.1. The summed E-state index contributed by atoms with van der Waals surface area (Å²) in [6, 6.07) is 11.3. The zero-order valence-electron chi connectivity index (χ0n) is 19.8. The first-order valence-corrected chi connectivity index (χ1v) is 12.1. The SMILES string of the molecule is C#CNC1CC2OC3CC(NCC)C(C)CC3[C+](c3ccccc3C(=O)OC)C2CC1C. The maximum Gasteiger partial charge on any atom is 0.396 e. The Morgan fingerprint density at radius 3 is 2.38 bits per heavy atom. The second kappa shape index (κ2) is 9.77. The first-order chi connectivity index (χ1) is 15.5. The molecule has 3 aliphatic rings. The van der Waals surface area contributed by atoms with E-state index in [2.05, 4.69) is 43.5 Å². The van der Waals surface area contributed by atoms with Crippen LogP contribution in [-0.2, 0) is 9.47 Å². The molecular weight excluding hydrogens is 400 g/mol. The number of rotatable bonds is 5. The fourth-order valence-electron chi connectivity index (χ4n) is 6.46. The largest absolute Gasteiger partial charge is 0.455 e. The lowest BCUT2D eigenvalue weighted by atomic mass is 9.58. The summed E-state index contributed by atoms with van der Waals surface area (Å²) in [5.74, 6) is 2.72. The molecule has 0 spiro atoms. The Bertz CT molecular complexity index is 850. The normalized spacial score (nSPS) is 36.4. The van der Waals surface area contributed by atoms with Crippen LogP contribution in [0.1, 0.15) is 62.4 Å². The molecular formula is C27H37N2O3+. The van der Waals surface area contributed by atoms with Crippen molar-refractivity contribution in [3.63, 3.8) is 0 Å². The van der Waals surface area contributed by atoms with Gasteiger partial charge in [-0.15, -0.1) is 0 Å². The molecule has 172 valence electrons. The number of terminal acetylenes is 1. The number of ether oxygens (including phenoxy) is 2.